The Kier molecular flexibility index (Phi) is 5.81. The molecule has 0 unspecified atom stereocenters. The quantitative estimate of drug-likeness (QED) is 0.547. The predicted molar refractivity (Wildman–Crippen MR) is 112 cm³/mol. The highest BCUT2D eigenvalue weighted by molar-refractivity contribution is 7.99. The average Bonchev–Trinajstić information content (AvgIpc) is 3.35. The first-order chi connectivity index (χ1) is 14.0. The largest absolute Gasteiger partial charge is 0.485 e. The van der Waals surface area contributed by atoms with Crippen molar-refractivity contribution in [2.45, 2.75) is 44.4 Å². The maximum Gasteiger partial charge on any atom is 0.236 e. The van der Waals surface area contributed by atoms with E-state index in [2.05, 4.69) is 31.8 Å². The Hall–Kier alpha value is -2.46. The highest BCUT2D eigenvalue weighted by Gasteiger charge is 2.27. The Morgan fingerprint density at radius 2 is 2.10 bits per heavy atom. The SMILES string of the molecule is Cc1ccc(C)c(OCc2nnc(SCC(=O)Nc3nnc(C4CC4)s3)n2C)c1. The van der Waals surface area contributed by atoms with Crippen molar-refractivity contribution >= 4 is 34.1 Å². The number of carbonyl (C=O) groups excluding carboxylic acids is 1. The molecule has 2 aromatic heterocycles. The number of anilines is 1. The van der Waals surface area contributed by atoms with Crippen LogP contribution in [0.1, 0.15) is 40.7 Å². The van der Waals surface area contributed by atoms with Gasteiger partial charge in [-0.1, -0.05) is 35.2 Å². The number of hydrogen-bond donors (Lipinski definition) is 1. The molecule has 0 aliphatic heterocycles. The molecule has 29 heavy (non-hydrogen) atoms. The summed E-state index contributed by atoms with van der Waals surface area (Å²) in [5.74, 6) is 2.17. The summed E-state index contributed by atoms with van der Waals surface area (Å²) in [7, 11) is 1.87. The molecule has 3 aromatic rings. The Bertz CT molecular complexity index is 1030. The number of carbonyl (C=O) groups is 1. The third-order valence-electron chi connectivity index (χ3n) is 4.57. The van der Waals surface area contributed by atoms with Crippen molar-refractivity contribution in [3.8, 4) is 5.75 Å². The fourth-order valence-corrected chi connectivity index (χ4v) is 4.33. The van der Waals surface area contributed by atoms with Gasteiger partial charge in [-0.3, -0.25) is 10.1 Å². The Morgan fingerprint density at radius 3 is 2.90 bits per heavy atom. The van der Waals surface area contributed by atoms with Gasteiger partial charge in [0.2, 0.25) is 11.0 Å². The number of hydrogen-bond acceptors (Lipinski definition) is 8. The second kappa shape index (κ2) is 8.50. The van der Waals surface area contributed by atoms with E-state index in [-0.39, 0.29) is 11.7 Å². The molecule has 0 bridgehead atoms. The molecular formula is C19H22N6O2S2. The van der Waals surface area contributed by atoms with Gasteiger partial charge in [0.1, 0.15) is 17.4 Å². The van der Waals surface area contributed by atoms with Crippen molar-refractivity contribution in [2.75, 3.05) is 11.1 Å². The fraction of sp³-hybridized carbons (Fsp3) is 0.421. The molecule has 2 heterocycles. The molecule has 1 N–H and O–H groups in total. The highest BCUT2D eigenvalue weighted by Crippen LogP contribution is 2.42. The van der Waals surface area contributed by atoms with Gasteiger partial charge in [0.15, 0.2) is 11.0 Å². The van der Waals surface area contributed by atoms with Gasteiger partial charge in [0.25, 0.3) is 0 Å². The number of nitrogens with one attached hydrogen (secondary N) is 1. The van der Waals surface area contributed by atoms with E-state index in [1.54, 1.807) is 0 Å². The highest BCUT2D eigenvalue weighted by atomic mass is 32.2. The predicted octanol–water partition coefficient (Wildman–Crippen LogP) is 3.47. The lowest BCUT2D eigenvalue weighted by atomic mass is 10.1. The molecule has 1 fully saturated rings. The number of rotatable bonds is 8. The monoisotopic (exact) mass is 430 g/mol. The molecule has 0 spiro atoms. The summed E-state index contributed by atoms with van der Waals surface area (Å²) in [5.41, 5.74) is 2.22. The molecule has 1 aliphatic rings. The molecule has 152 valence electrons. The molecule has 0 saturated heterocycles. The van der Waals surface area contributed by atoms with Gasteiger partial charge in [0.05, 0.1) is 5.75 Å². The van der Waals surface area contributed by atoms with Crippen molar-refractivity contribution in [3.63, 3.8) is 0 Å². The van der Waals surface area contributed by atoms with E-state index in [0.29, 0.717) is 28.6 Å². The Balaban J connectivity index is 1.29. The van der Waals surface area contributed by atoms with Crippen LogP contribution in [-0.4, -0.2) is 36.6 Å². The van der Waals surface area contributed by atoms with E-state index >= 15 is 0 Å². The van der Waals surface area contributed by atoms with E-state index in [1.165, 1.54) is 35.9 Å². The number of ether oxygens (including phenoxy) is 1. The summed E-state index contributed by atoms with van der Waals surface area (Å²) < 4.78 is 7.75. The van der Waals surface area contributed by atoms with Gasteiger partial charge in [-0.05, 0) is 43.9 Å². The standard InChI is InChI=1S/C19H22N6O2S2/c1-11-4-5-12(2)14(8-11)27-9-15-21-24-19(25(15)3)28-10-16(26)20-18-23-22-17(29-18)13-6-7-13/h4-5,8,13H,6-7,9-10H2,1-3H3,(H,20,23,26). The molecule has 0 radical (unpaired) electrons. The van der Waals surface area contributed by atoms with E-state index in [1.807, 2.05) is 37.6 Å². The zero-order valence-corrected chi connectivity index (χ0v) is 18.1. The maximum absolute atomic E-state index is 12.2. The molecule has 1 aromatic carbocycles. The van der Waals surface area contributed by atoms with E-state index < -0.39 is 0 Å². The smallest absolute Gasteiger partial charge is 0.236 e. The zero-order valence-electron chi connectivity index (χ0n) is 16.5. The number of thioether (sulfide) groups is 1. The third kappa shape index (κ3) is 4.94. The number of benzene rings is 1. The first-order valence-electron chi connectivity index (χ1n) is 9.34. The molecule has 10 heteroatoms. The van der Waals surface area contributed by atoms with Crippen LogP contribution in [0.3, 0.4) is 0 Å². The van der Waals surface area contributed by atoms with Crippen LogP contribution in [0.4, 0.5) is 5.13 Å². The Morgan fingerprint density at radius 1 is 1.28 bits per heavy atom. The zero-order chi connectivity index (χ0) is 20.4. The van der Waals surface area contributed by atoms with Gasteiger partial charge in [0, 0.05) is 13.0 Å². The van der Waals surface area contributed by atoms with Gasteiger partial charge >= 0.3 is 0 Å². The van der Waals surface area contributed by atoms with Crippen LogP contribution in [0.2, 0.25) is 0 Å². The van der Waals surface area contributed by atoms with Crippen LogP contribution in [0, 0.1) is 13.8 Å². The Labute approximate surface area is 177 Å². The fourth-order valence-electron chi connectivity index (χ4n) is 2.67. The lowest BCUT2D eigenvalue weighted by molar-refractivity contribution is -0.113. The molecule has 0 atom stereocenters. The van der Waals surface area contributed by atoms with Crippen LogP contribution >= 0.6 is 23.1 Å². The molecule has 1 saturated carbocycles. The summed E-state index contributed by atoms with van der Waals surface area (Å²) in [4.78, 5) is 12.2. The van der Waals surface area contributed by atoms with Crippen LogP contribution in [-0.2, 0) is 18.4 Å². The minimum absolute atomic E-state index is 0.135. The van der Waals surface area contributed by atoms with Crippen LogP contribution in [0.15, 0.2) is 23.4 Å². The molecule has 8 nitrogen and oxygen atoms in total. The van der Waals surface area contributed by atoms with Gasteiger partial charge < -0.3 is 9.30 Å². The van der Waals surface area contributed by atoms with Crippen LogP contribution in [0.5, 0.6) is 5.75 Å². The first kappa shape index (κ1) is 19.8. The van der Waals surface area contributed by atoms with Crippen molar-refractivity contribution < 1.29 is 9.53 Å². The van der Waals surface area contributed by atoms with E-state index in [4.69, 9.17) is 4.74 Å². The molecular weight excluding hydrogens is 408 g/mol. The second-order valence-electron chi connectivity index (χ2n) is 7.07. The topological polar surface area (TPSA) is 94.8 Å². The number of nitrogens with zero attached hydrogens (tertiary/aromatic N) is 5. The second-order valence-corrected chi connectivity index (χ2v) is 9.02. The first-order valence-corrected chi connectivity index (χ1v) is 11.1. The summed E-state index contributed by atoms with van der Waals surface area (Å²) in [6.45, 7) is 4.36. The van der Waals surface area contributed by atoms with Gasteiger partial charge in [-0.15, -0.1) is 20.4 Å². The van der Waals surface area contributed by atoms with Crippen LogP contribution in [0.25, 0.3) is 0 Å². The summed E-state index contributed by atoms with van der Waals surface area (Å²) >= 11 is 2.78. The van der Waals surface area contributed by atoms with Crippen molar-refractivity contribution in [3.05, 3.63) is 40.2 Å². The van der Waals surface area contributed by atoms with Crippen molar-refractivity contribution in [2.24, 2.45) is 7.05 Å². The minimum atomic E-state index is -0.135. The third-order valence-corrected chi connectivity index (χ3v) is 6.59. The van der Waals surface area contributed by atoms with Crippen molar-refractivity contribution in [1.29, 1.82) is 0 Å². The summed E-state index contributed by atoms with van der Waals surface area (Å²) in [6.07, 6.45) is 2.33. The lowest BCUT2D eigenvalue weighted by Gasteiger charge is -2.09. The molecule has 1 aliphatic carbocycles. The lowest BCUT2D eigenvalue weighted by Crippen LogP contribution is -2.14. The van der Waals surface area contributed by atoms with E-state index in [0.717, 1.165) is 21.9 Å². The van der Waals surface area contributed by atoms with Gasteiger partial charge in [-0.2, -0.15) is 0 Å². The van der Waals surface area contributed by atoms with E-state index in [9.17, 15) is 4.79 Å². The maximum atomic E-state index is 12.2. The van der Waals surface area contributed by atoms with Crippen LogP contribution < -0.4 is 10.1 Å². The number of amides is 1. The number of aromatic nitrogens is 5. The normalized spacial score (nSPS) is 13.5. The summed E-state index contributed by atoms with van der Waals surface area (Å²) in [6, 6.07) is 6.10. The van der Waals surface area contributed by atoms with Gasteiger partial charge in [-0.25, -0.2) is 0 Å². The number of aryl methyl sites for hydroxylation is 2. The average molecular weight is 431 g/mol. The van der Waals surface area contributed by atoms with Crippen molar-refractivity contribution in [1.82, 2.24) is 25.0 Å². The minimum Gasteiger partial charge on any atom is -0.485 e. The molecule has 4 rings (SSSR count). The molecule has 1 amide bonds. The summed E-state index contributed by atoms with van der Waals surface area (Å²) in [5, 5.41) is 21.6.